The second kappa shape index (κ2) is 18.5. The number of Topliss-reactive ketones (excluding diaryl/α,β-unsaturated/α-hetero) is 2. The summed E-state index contributed by atoms with van der Waals surface area (Å²) < 4.78 is 17.8. The molecule has 0 unspecified atom stereocenters. The first kappa shape index (κ1) is 43.0. The minimum absolute atomic E-state index is 0.0147. The second-order valence-corrected chi connectivity index (χ2v) is 15.9. The van der Waals surface area contributed by atoms with Crippen LogP contribution in [0.4, 0.5) is 0 Å². The molecule has 8 aromatic carbocycles. The zero-order chi connectivity index (χ0) is 46.5. The molecule has 322 valence electrons. The zero-order valence-electron chi connectivity index (χ0n) is 35.8. The number of ketones is 2. The summed E-state index contributed by atoms with van der Waals surface area (Å²) in [6.07, 6.45) is 11.0. The first-order chi connectivity index (χ1) is 32.7. The summed E-state index contributed by atoms with van der Waals surface area (Å²) in [6, 6.07) is 55.5. The van der Waals surface area contributed by atoms with E-state index in [-0.39, 0.29) is 53.3 Å². The molecule has 0 spiro atoms. The molecule has 9 rings (SSSR count). The van der Waals surface area contributed by atoms with Gasteiger partial charge in [0.1, 0.15) is 28.7 Å². The van der Waals surface area contributed by atoms with E-state index in [9.17, 15) is 24.3 Å². The predicted octanol–water partition coefficient (Wildman–Crippen LogP) is 11.7. The SMILES string of the molecule is C#Cc1ccc(CC(=O)c2cc(Oc3ccc(C4(c5ccc(Oc6ccc(C(=O)O)c(C(=O)Cc7ccc(C#C)cc7)c6)cc5)c5ccccc5-c5ccccc54)cc3)ccc2OC=O)cc1. The first-order valence-corrected chi connectivity index (χ1v) is 21.2. The van der Waals surface area contributed by atoms with Crippen molar-refractivity contribution >= 4 is 24.0 Å². The van der Waals surface area contributed by atoms with Crippen LogP contribution >= 0.6 is 0 Å². The van der Waals surface area contributed by atoms with E-state index in [1.807, 2.05) is 72.8 Å². The maximum Gasteiger partial charge on any atom is 0.336 e. The van der Waals surface area contributed by atoms with Crippen molar-refractivity contribution < 1.29 is 38.5 Å². The highest BCUT2D eigenvalue weighted by Crippen LogP contribution is 2.56. The van der Waals surface area contributed by atoms with E-state index in [2.05, 4.69) is 36.1 Å². The van der Waals surface area contributed by atoms with Crippen molar-refractivity contribution in [1.82, 2.24) is 0 Å². The molecule has 0 saturated carbocycles. The largest absolute Gasteiger partial charge is 0.478 e. The standard InChI is InChI=1S/C59H38O8/c1-3-38-13-17-40(18-14-38)33-55(61)51-35-46(29-31-50(51)58(63)64)66-44-25-21-42(22-26-44)59(53-11-7-5-9-48(53)49-10-6-8-12-54(49)59)43-23-27-45(28-24-43)67-47-30-32-57(65-37-60)52(36-47)56(62)34-41-19-15-39(4-2)16-20-41/h1-2,5-32,35-37H,33-34H2,(H,63,64). The number of carbonyl (C=O) groups is 4. The van der Waals surface area contributed by atoms with Gasteiger partial charge in [0.25, 0.3) is 6.47 Å². The third-order valence-electron chi connectivity index (χ3n) is 11.9. The van der Waals surface area contributed by atoms with Gasteiger partial charge in [0.15, 0.2) is 11.6 Å². The van der Waals surface area contributed by atoms with Gasteiger partial charge in [-0.05, 0) is 129 Å². The Bertz CT molecular complexity index is 3250. The van der Waals surface area contributed by atoms with Crippen LogP contribution in [0.3, 0.4) is 0 Å². The van der Waals surface area contributed by atoms with Gasteiger partial charge in [0.2, 0.25) is 0 Å². The van der Waals surface area contributed by atoms with Crippen molar-refractivity contribution in [1.29, 1.82) is 0 Å². The lowest BCUT2D eigenvalue weighted by Crippen LogP contribution is -2.28. The van der Waals surface area contributed by atoms with Gasteiger partial charge in [-0.15, -0.1) is 12.8 Å². The predicted molar refractivity (Wildman–Crippen MR) is 255 cm³/mol. The molecule has 0 amide bonds. The van der Waals surface area contributed by atoms with Gasteiger partial charge in [-0.3, -0.25) is 14.4 Å². The van der Waals surface area contributed by atoms with E-state index < -0.39 is 11.4 Å². The lowest BCUT2D eigenvalue weighted by molar-refractivity contribution is -0.120. The fraction of sp³-hybridized carbons (Fsp3) is 0.0508. The molecule has 0 atom stereocenters. The van der Waals surface area contributed by atoms with E-state index in [0.717, 1.165) is 38.9 Å². The number of rotatable bonds is 15. The minimum atomic E-state index is -1.22. The quantitative estimate of drug-likeness (QED) is 0.0615. The Kier molecular flexibility index (Phi) is 11.9. The number of ether oxygens (including phenoxy) is 3. The second-order valence-electron chi connectivity index (χ2n) is 15.9. The van der Waals surface area contributed by atoms with Gasteiger partial charge in [0, 0.05) is 29.5 Å². The smallest absolute Gasteiger partial charge is 0.336 e. The van der Waals surface area contributed by atoms with Crippen molar-refractivity contribution in [3.8, 4) is 64.6 Å². The normalized spacial score (nSPS) is 11.8. The summed E-state index contributed by atoms with van der Waals surface area (Å²) in [4.78, 5) is 50.6. The number of terminal acetylenes is 2. The molecule has 0 aromatic heterocycles. The summed E-state index contributed by atoms with van der Waals surface area (Å²) in [6.45, 7) is 0.286. The zero-order valence-corrected chi connectivity index (χ0v) is 35.8. The van der Waals surface area contributed by atoms with Crippen molar-refractivity contribution in [2.75, 3.05) is 0 Å². The lowest BCUT2D eigenvalue weighted by atomic mass is 9.68. The van der Waals surface area contributed by atoms with Gasteiger partial charge in [-0.2, -0.15) is 0 Å². The number of aromatic carboxylic acids is 1. The summed E-state index contributed by atoms with van der Waals surface area (Å²) in [5.74, 6) is 5.07. The molecule has 0 heterocycles. The molecule has 0 fully saturated rings. The average molecular weight is 875 g/mol. The molecule has 0 bridgehead atoms. The number of carboxylic acid groups (broad SMARTS) is 1. The Morgan fingerprint density at radius 2 is 0.940 bits per heavy atom. The molecule has 0 radical (unpaired) electrons. The number of carbonyl (C=O) groups excluding carboxylic acids is 3. The van der Waals surface area contributed by atoms with Gasteiger partial charge < -0.3 is 19.3 Å². The lowest BCUT2D eigenvalue weighted by Gasteiger charge is -2.34. The van der Waals surface area contributed by atoms with E-state index in [0.29, 0.717) is 39.7 Å². The molecule has 8 heteroatoms. The fourth-order valence-electron chi connectivity index (χ4n) is 8.79. The van der Waals surface area contributed by atoms with Crippen molar-refractivity contribution in [3.05, 3.63) is 243 Å². The molecule has 0 saturated heterocycles. The highest BCUT2D eigenvalue weighted by molar-refractivity contribution is 6.07. The van der Waals surface area contributed by atoms with Crippen LogP contribution in [-0.4, -0.2) is 29.1 Å². The van der Waals surface area contributed by atoms with Crippen LogP contribution in [0.5, 0.6) is 28.7 Å². The maximum absolute atomic E-state index is 13.6. The minimum Gasteiger partial charge on any atom is -0.478 e. The maximum atomic E-state index is 13.6. The summed E-state index contributed by atoms with van der Waals surface area (Å²) >= 11 is 0. The number of hydrogen-bond acceptors (Lipinski definition) is 7. The van der Waals surface area contributed by atoms with E-state index >= 15 is 0 Å². The van der Waals surface area contributed by atoms with Crippen molar-refractivity contribution in [2.45, 2.75) is 18.3 Å². The summed E-state index contributed by atoms with van der Waals surface area (Å²) in [5, 5.41) is 9.96. The Morgan fingerprint density at radius 3 is 1.40 bits per heavy atom. The molecule has 67 heavy (non-hydrogen) atoms. The molecular weight excluding hydrogens is 837 g/mol. The van der Waals surface area contributed by atoms with Crippen molar-refractivity contribution in [2.24, 2.45) is 0 Å². The number of carboxylic acids is 1. The Hall–Kier alpha value is -9.24. The fourth-order valence-corrected chi connectivity index (χ4v) is 8.79. The summed E-state index contributed by atoms with van der Waals surface area (Å²) in [5.41, 5.74) is 8.48. The van der Waals surface area contributed by atoms with Crippen LogP contribution in [0.1, 0.15) is 75.6 Å². The van der Waals surface area contributed by atoms with Crippen LogP contribution < -0.4 is 14.2 Å². The van der Waals surface area contributed by atoms with E-state index in [4.69, 9.17) is 27.1 Å². The average Bonchev–Trinajstić information content (AvgIpc) is 3.66. The van der Waals surface area contributed by atoms with E-state index in [1.54, 1.807) is 60.7 Å². The summed E-state index contributed by atoms with van der Waals surface area (Å²) in [7, 11) is 0. The van der Waals surface area contributed by atoms with Crippen LogP contribution in [0.15, 0.2) is 182 Å². The highest BCUT2D eigenvalue weighted by atomic mass is 16.5. The molecule has 1 aliphatic carbocycles. The highest BCUT2D eigenvalue weighted by Gasteiger charge is 2.46. The number of fused-ring (bicyclic) bond motifs is 3. The molecule has 1 N–H and O–H groups in total. The third kappa shape index (κ3) is 8.47. The topological polar surface area (TPSA) is 116 Å². The van der Waals surface area contributed by atoms with Crippen LogP contribution in [-0.2, 0) is 23.1 Å². The third-order valence-corrected chi connectivity index (χ3v) is 11.9. The molecule has 8 aromatic rings. The van der Waals surface area contributed by atoms with Gasteiger partial charge in [-0.25, -0.2) is 4.79 Å². The Balaban J connectivity index is 1.02. The van der Waals surface area contributed by atoms with Crippen LogP contribution in [0.2, 0.25) is 0 Å². The van der Waals surface area contributed by atoms with E-state index in [1.165, 1.54) is 24.3 Å². The molecule has 0 aliphatic heterocycles. The molecule has 1 aliphatic rings. The monoisotopic (exact) mass is 874 g/mol. The number of hydrogen-bond donors (Lipinski definition) is 1. The number of benzene rings is 8. The molecule has 8 nitrogen and oxygen atoms in total. The van der Waals surface area contributed by atoms with Crippen molar-refractivity contribution in [3.63, 3.8) is 0 Å². The first-order valence-electron chi connectivity index (χ1n) is 21.2. The van der Waals surface area contributed by atoms with Crippen LogP contribution in [0.25, 0.3) is 11.1 Å². The van der Waals surface area contributed by atoms with Crippen LogP contribution in [0, 0.1) is 24.7 Å². The van der Waals surface area contributed by atoms with Gasteiger partial charge in [-0.1, -0.05) is 109 Å². The van der Waals surface area contributed by atoms with Gasteiger partial charge in [0.05, 0.1) is 16.5 Å². The Labute approximate surface area is 387 Å². The molecular formula is C59H38O8. The Morgan fingerprint density at radius 1 is 0.507 bits per heavy atom. The van der Waals surface area contributed by atoms with Gasteiger partial charge >= 0.3 is 5.97 Å².